The van der Waals surface area contributed by atoms with Gasteiger partial charge >= 0.3 is 0 Å². The van der Waals surface area contributed by atoms with Crippen LogP contribution in [0.25, 0.3) is 0 Å². The van der Waals surface area contributed by atoms with E-state index in [-0.39, 0.29) is 6.10 Å². The molecule has 0 fully saturated rings. The van der Waals surface area contributed by atoms with E-state index in [0.717, 1.165) is 29.2 Å². The third-order valence-corrected chi connectivity index (χ3v) is 4.17. The molecule has 27 heavy (non-hydrogen) atoms. The van der Waals surface area contributed by atoms with Crippen LogP contribution in [0.1, 0.15) is 25.0 Å². The molecule has 0 amide bonds. The Morgan fingerprint density at radius 1 is 0.815 bits per heavy atom. The molecule has 0 heterocycles. The van der Waals surface area contributed by atoms with Gasteiger partial charge in [-0.1, -0.05) is 48.5 Å². The lowest BCUT2D eigenvalue weighted by atomic mass is 10.1. The zero-order valence-electron chi connectivity index (χ0n) is 16.0. The van der Waals surface area contributed by atoms with Crippen molar-refractivity contribution in [2.45, 2.75) is 32.9 Å². The molecule has 3 aromatic rings. The molecular weight excluding hydrogens is 334 g/mol. The number of anilines is 1. The van der Waals surface area contributed by atoms with Crippen molar-refractivity contribution in [1.82, 2.24) is 0 Å². The molecule has 0 radical (unpaired) electrons. The maximum atomic E-state index is 6.03. The number of hydrogen-bond acceptors (Lipinski definition) is 3. The van der Waals surface area contributed by atoms with Crippen molar-refractivity contribution >= 4 is 5.69 Å². The molecule has 0 saturated heterocycles. The van der Waals surface area contributed by atoms with E-state index in [2.05, 4.69) is 35.6 Å². The van der Waals surface area contributed by atoms with Crippen molar-refractivity contribution in [2.75, 3.05) is 11.9 Å². The van der Waals surface area contributed by atoms with Crippen LogP contribution in [0.5, 0.6) is 11.5 Å². The van der Waals surface area contributed by atoms with Gasteiger partial charge in [0.25, 0.3) is 0 Å². The summed E-state index contributed by atoms with van der Waals surface area (Å²) >= 11 is 0. The summed E-state index contributed by atoms with van der Waals surface area (Å²) in [4.78, 5) is 0. The summed E-state index contributed by atoms with van der Waals surface area (Å²) in [7, 11) is 0. The third kappa shape index (κ3) is 6.07. The highest BCUT2D eigenvalue weighted by Crippen LogP contribution is 2.21. The minimum atomic E-state index is 0.184. The van der Waals surface area contributed by atoms with Gasteiger partial charge in [-0.05, 0) is 49.7 Å². The van der Waals surface area contributed by atoms with Crippen LogP contribution >= 0.6 is 0 Å². The first kappa shape index (κ1) is 18.8. The van der Waals surface area contributed by atoms with E-state index in [4.69, 9.17) is 9.47 Å². The molecule has 3 nitrogen and oxygen atoms in total. The van der Waals surface area contributed by atoms with Crippen LogP contribution in [-0.2, 0) is 13.0 Å². The maximum Gasteiger partial charge on any atom is 0.124 e. The Balaban J connectivity index is 1.54. The number of ether oxygens (including phenoxy) is 2. The fourth-order valence-corrected chi connectivity index (χ4v) is 2.84. The minimum absolute atomic E-state index is 0.184. The van der Waals surface area contributed by atoms with E-state index in [1.165, 1.54) is 5.56 Å². The Morgan fingerprint density at radius 3 is 2.26 bits per heavy atom. The lowest BCUT2D eigenvalue weighted by Crippen LogP contribution is -2.07. The van der Waals surface area contributed by atoms with Gasteiger partial charge in [0.1, 0.15) is 11.5 Å². The number of hydrogen-bond donors (Lipinski definition) is 1. The highest BCUT2D eigenvalue weighted by atomic mass is 16.5. The summed E-state index contributed by atoms with van der Waals surface area (Å²) in [6, 6.07) is 26.7. The largest absolute Gasteiger partial charge is 0.493 e. The summed E-state index contributed by atoms with van der Waals surface area (Å²) in [5.74, 6) is 1.82. The predicted molar refractivity (Wildman–Crippen MR) is 112 cm³/mol. The summed E-state index contributed by atoms with van der Waals surface area (Å²) in [6.07, 6.45) is 1.09. The van der Waals surface area contributed by atoms with E-state index in [1.807, 2.05) is 62.4 Å². The lowest BCUT2D eigenvalue weighted by Gasteiger charge is -2.14. The van der Waals surface area contributed by atoms with Gasteiger partial charge in [-0.2, -0.15) is 0 Å². The standard InChI is InChI=1S/C24H27NO2/c1-19(2)27-23-14-12-22(13-15-23)25-18-21-10-6-7-11-24(21)26-17-16-20-8-4-3-5-9-20/h3-15,19,25H,16-18H2,1-2H3. The summed E-state index contributed by atoms with van der Waals surface area (Å²) < 4.78 is 11.7. The Hall–Kier alpha value is -2.94. The summed E-state index contributed by atoms with van der Waals surface area (Å²) in [5, 5.41) is 3.45. The molecule has 0 aliphatic heterocycles. The molecule has 0 spiro atoms. The van der Waals surface area contributed by atoms with Gasteiger partial charge in [-0.15, -0.1) is 0 Å². The van der Waals surface area contributed by atoms with Crippen LogP contribution in [0.15, 0.2) is 78.9 Å². The van der Waals surface area contributed by atoms with E-state index in [1.54, 1.807) is 0 Å². The van der Waals surface area contributed by atoms with Gasteiger partial charge in [0.15, 0.2) is 0 Å². The normalized spacial score (nSPS) is 10.6. The first-order valence-corrected chi connectivity index (χ1v) is 9.46. The first-order chi connectivity index (χ1) is 13.2. The Kier molecular flexibility index (Phi) is 6.75. The smallest absolute Gasteiger partial charge is 0.124 e. The average molecular weight is 361 g/mol. The van der Waals surface area contributed by atoms with Crippen LogP contribution < -0.4 is 14.8 Å². The van der Waals surface area contributed by atoms with Crippen molar-refractivity contribution in [3.05, 3.63) is 90.0 Å². The molecule has 1 N–H and O–H groups in total. The lowest BCUT2D eigenvalue weighted by molar-refractivity contribution is 0.242. The van der Waals surface area contributed by atoms with Gasteiger partial charge in [0.2, 0.25) is 0 Å². The average Bonchev–Trinajstić information content (AvgIpc) is 2.69. The molecule has 0 aliphatic rings. The van der Waals surface area contributed by atoms with Gasteiger partial charge in [0, 0.05) is 24.2 Å². The fourth-order valence-electron chi connectivity index (χ4n) is 2.84. The quantitative estimate of drug-likeness (QED) is 0.530. The van der Waals surface area contributed by atoms with E-state index in [9.17, 15) is 0 Å². The molecule has 3 aromatic carbocycles. The first-order valence-electron chi connectivity index (χ1n) is 9.46. The second-order valence-electron chi connectivity index (χ2n) is 6.74. The highest BCUT2D eigenvalue weighted by Gasteiger charge is 2.04. The Labute approximate surface area is 162 Å². The molecule has 3 heteroatoms. The Morgan fingerprint density at radius 2 is 1.52 bits per heavy atom. The number of nitrogens with one attached hydrogen (secondary N) is 1. The molecule has 0 saturated carbocycles. The zero-order chi connectivity index (χ0) is 18.9. The van der Waals surface area contributed by atoms with E-state index < -0.39 is 0 Å². The molecule has 0 bridgehead atoms. The maximum absolute atomic E-state index is 6.03. The predicted octanol–water partition coefficient (Wildman–Crippen LogP) is 5.71. The Bertz CT molecular complexity index is 813. The van der Waals surface area contributed by atoms with Gasteiger partial charge in [-0.25, -0.2) is 0 Å². The van der Waals surface area contributed by atoms with Gasteiger partial charge in [0.05, 0.1) is 12.7 Å². The molecule has 140 valence electrons. The van der Waals surface area contributed by atoms with Crippen molar-refractivity contribution < 1.29 is 9.47 Å². The molecule has 3 rings (SSSR count). The van der Waals surface area contributed by atoms with E-state index >= 15 is 0 Å². The van der Waals surface area contributed by atoms with Crippen molar-refractivity contribution in [2.24, 2.45) is 0 Å². The summed E-state index contributed by atoms with van der Waals surface area (Å²) in [6.45, 7) is 5.44. The van der Waals surface area contributed by atoms with Crippen molar-refractivity contribution in [3.63, 3.8) is 0 Å². The summed E-state index contributed by atoms with van der Waals surface area (Å²) in [5.41, 5.74) is 3.50. The number of para-hydroxylation sites is 1. The minimum Gasteiger partial charge on any atom is -0.493 e. The molecule has 0 aromatic heterocycles. The SMILES string of the molecule is CC(C)Oc1ccc(NCc2ccccc2OCCc2ccccc2)cc1. The van der Waals surface area contributed by atoms with Crippen LogP contribution in [-0.4, -0.2) is 12.7 Å². The van der Waals surface area contributed by atoms with Gasteiger partial charge < -0.3 is 14.8 Å². The van der Waals surface area contributed by atoms with E-state index in [0.29, 0.717) is 13.2 Å². The van der Waals surface area contributed by atoms with Crippen LogP contribution in [0.3, 0.4) is 0 Å². The number of benzene rings is 3. The topological polar surface area (TPSA) is 30.5 Å². The van der Waals surface area contributed by atoms with Crippen molar-refractivity contribution in [3.8, 4) is 11.5 Å². The van der Waals surface area contributed by atoms with Crippen LogP contribution in [0.4, 0.5) is 5.69 Å². The van der Waals surface area contributed by atoms with Crippen molar-refractivity contribution in [1.29, 1.82) is 0 Å². The van der Waals surface area contributed by atoms with Crippen LogP contribution in [0, 0.1) is 0 Å². The third-order valence-electron chi connectivity index (χ3n) is 4.17. The second-order valence-corrected chi connectivity index (χ2v) is 6.74. The monoisotopic (exact) mass is 361 g/mol. The van der Waals surface area contributed by atoms with Crippen LogP contribution in [0.2, 0.25) is 0 Å². The molecule has 0 aliphatic carbocycles. The molecular formula is C24H27NO2. The zero-order valence-corrected chi connectivity index (χ0v) is 16.0. The second kappa shape index (κ2) is 9.67. The molecule has 0 unspecified atom stereocenters. The fraction of sp³-hybridized carbons (Fsp3) is 0.250. The van der Waals surface area contributed by atoms with Gasteiger partial charge in [-0.3, -0.25) is 0 Å². The number of rotatable bonds is 9. The molecule has 0 atom stereocenters. The highest BCUT2D eigenvalue weighted by molar-refractivity contribution is 5.48.